The Morgan fingerprint density at radius 3 is 2.37 bits per heavy atom. The SMILES string of the molecule is COCCCN(CC(=O)N(Cc1ccccc1)Cc1sccc1C)C(=O)CC(C)C. The molecule has 1 aromatic heterocycles. The van der Waals surface area contributed by atoms with Gasteiger partial charge in [-0.15, -0.1) is 11.3 Å². The van der Waals surface area contributed by atoms with Crippen LogP contribution in [0.4, 0.5) is 0 Å². The fraction of sp³-hybridized carbons (Fsp3) is 0.500. The van der Waals surface area contributed by atoms with Gasteiger partial charge in [0.2, 0.25) is 11.8 Å². The van der Waals surface area contributed by atoms with Crippen LogP contribution in [0, 0.1) is 12.8 Å². The van der Waals surface area contributed by atoms with Crippen LogP contribution in [-0.4, -0.2) is 48.4 Å². The molecule has 164 valence electrons. The lowest BCUT2D eigenvalue weighted by molar-refractivity contribution is -0.141. The number of carbonyl (C=O) groups is 2. The van der Waals surface area contributed by atoms with Crippen molar-refractivity contribution in [1.29, 1.82) is 0 Å². The van der Waals surface area contributed by atoms with E-state index < -0.39 is 0 Å². The summed E-state index contributed by atoms with van der Waals surface area (Å²) < 4.78 is 5.14. The molecule has 0 fully saturated rings. The van der Waals surface area contributed by atoms with Crippen LogP contribution in [0.15, 0.2) is 41.8 Å². The average Bonchev–Trinajstić information content (AvgIpc) is 3.11. The van der Waals surface area contributed by atoms with Gasteiger partial charge in [-0.25, -0.2) is 0 Å². The lowest BCUT2D eigenvalue weighted by atomic mass is 10.1. The number of thiophene rings is 1. The monoisotopic (exact) mass is 430 g/mol. The Morgan fingerprint density at radius 2 is 1.77 bits per heavy atom. The number of amides is 2. The molecular formula is C24H34N2O3S. The molecule has 1 heterocycles. The highest BCUT2D eigenvalue weighted by Gasteiger charge is 2.22. The van der Waals surface area contributed by atoms with Crippen molar-refractivity contribution in [3.05, 3.63) is 57.8 Å². The average molecular weight is 431 g/mol. The molecule has 0 saturated carbocycles. The van der Waals surface area contributed by atoms with E-state index in [0.717, 1.165) is 12.0 Å². The molecule has 0 radical (unpaired) electrons. The summed E-state index contributed by atoms with van der Waals surface area (Å²) in [7, 11) is 1.65. The fourth-order valence-corrected chi connectivity index (χ4v) is 4.13. The lowest BCUT2D eigenvalue weighted by Crippen LogP contribution is -2.43. The topological polar surface area (TPSA) is 49.9 Å². The summed E-state index contributed by atoms with van der Waals surface area (Å²) in [5.41, 5.74) is 2.28. The van der Waals surface area contributed by atoms with Crippen LogP contribution >= 0.6 is 11.3 Å². The minimum Gasteiger partial charge on any atom is -0.385 e. The van der Waals surface area contributed by atoms with Gasteiger partial charge in [-0.1, -0.05) is 44.2 Å². The minimum absolute atomic E-state index is 0.0267. The Hall–Kier alpha value is -2.18. The molecule has 5 nitrogen and oxygen atoms in total. The molecule has 0 aliphatic carbocycles. The van der Waals surface area contributed by atoms with Crippen molar-refractivity contribution in [3.63, 3.8) is 0 Å². The Morgan fingerprint density at radius 1 is 1.03 bits per heavy atom. The van der Waals surface area contributed by atoms with Gasteiger partial charge < -0.3 is 14.5 Å². The molecule has 2 rings (SSSR count). The van der Waals surface area contributed by atoms with Crippen molar-refractivity contribution >= 4 is 23.2 Å². The normalized spacial score (nSPS) is 11.0. The van der Waals surface area contributed by atoms with Crippen LogP contribution in [0.3, 0.4) is 0 Å². The fourth-order valence-electron chi connectivity index (χ4n) is 3.21. The van der Waals surface area contributed by atoms with Crippen LogP contribution in [0.25, 0.3) is 0 Å². The second-order valence-corrected chi connectivity index (χ2v) is 9.02. The van der Waals surface area contributed by atoms with Crippen molar-refractivity contribution < 1.29 is 14.3 Å². The molecule has 30 heavy (non-hydrogen) atoms. The lowest BCUT2D eigenvalue weighted by Gasteiger charge is -2.28. The summed E-state index contributed by atoms with van der Waals surface area (Å²) in [6.45, 7) is 8.41. The van der Waals surface area contributed by atoms with E-state index in [1.165, 1.54) is 10.4 Å². The molecule has 2 aromatic rings. The highest BCUT2D eigenvalue weighted by Crippen LogP contribution is 2.20. The number of hydrogen-bond donors (Lipinski definition) is 0. The largest absolute Gasteiger partial charge is 0.385 e. The molecule has 6 heteroatoms. The molecular weight excluding hydrogens is 396 g/mol. The molecule has 0 aliphatic rings. The van der Waals surface area contributed by atoms with Gasteiger partial charge in [-0.05, 0) is 41.8 Å². The highest BCUT2D eigenvalue weighted by atomic mass is 32.1. The zero-order valence-corrected chi connectivity index (χ0v) is 19.4. The van der Waals surface area contributed by atoms with Crippen LogP contribution in [0.1, 0.15) is 42.7 Å². The van der Waals surface area contributed by atoms with Crippen molar-refractivity contribution in [2.24, 2.45) is 5.92 Å². The number of benzene rings is 1. The quantitative estimate of drug-likeness (QED) is 0.466. The molecule has 0 saturated heterocycles. The summed E-state index contributed by atoms with van der Waals surface area (Å²) in [5, 5.41) is 2.05. The van der Waals surface area contributed by atoms with Gasteiger partial charge in [0.05, 0.1) is 13.1 Å². The van der Waals surface area contributed by atoms with E-state index in [-0.39, 0.29) is 24.3 Å². The zero-order chi connectivity index (χ0) is 21.9. The first-order valence-electron chi connectivity index (χ1n) is 10.5. The van der Waals surface area contributed by atoms with Crippen molar-refractivity contribution in [3.8, 4) is 0 Å². The number of hydrogen-bond acceptors (Lipinski definition) is 4. The Balaban J connectivity index is 2.15. The summed E-state index contributed by atoms with van der Waals surface area (Å²) in [6.07, 6.45) is 1.17. The van der Waals surface area contributed by atoms with E-state index in [9.17, 15) is 9.59 Å². The molecule has 0 unspecified atom stereocenters. The molecule has 0 atom stereocenters. The van der Waals surface area contributed by atoms with E-state index in [4.69, 9.17) is 4.74 Å². The first kappa shape index (κ1) is 24.1. The molecule has 2 amide bonds. The summed E-state index contributed by atoms with van der Waals surface area (Å²) >= 11 is 1.67. The van der Waals surface area contributed by atoms with E-state index in [2.05, 4.69) is 18.4 Å². The molecule has 0 N–H and O–H groups in total. The molecule has 0 aliphatic heterocycles. The summed E-state index contributed by atoms with van der Waals surface area (Å²) in [5.74, 6) is 0.259. The standard InChI is InChI=1S/C24H34N2O3S/c1-19(2)15-23(27)25(12-8-13-29-4)18-24(28)26(16-21-9-6-5-7-10-21)17-22-20(3)11-14-30-22/h5-7,9-11,14,19H,8,12-13,15-18H2,1-4H3. The second kappa shape index (κ2) is 12.5. The van der Waals surface area contributed by atoms with Gasteiger partial charge >= 0.3 is 0 Å². The van der Waals surface area contributed by atoms with E-state index >= 15 is 0 Å². The highest BCUT2D eigenvalue weighted by molar-refractivity contribution is 7.10. The van der Waals surface area contributed by atoms with Crippen molar-refractivity contribution in [2.45, 2.75) is 46.7 Å². The Kier molecular flexibility index (Phi) is 10.0. The number of nitrogens with zero attached hydrogens (tertiary/aromatic N) is 2. The van der Waals surface area contributed by atoms with Crippen molar-refractivity contribution in [1.82, 2.24) is 9.80 Å². The predicted molar refractivity (Wildman–Crippen MR) is 122 cm³/mol. The van der Waals surface area contributed by atoms with Gasteiger partial charge in [0.1, 0.15) is 0 Å². The molecule has 1 aromatic carbocycles. The van der Waals surface area contributed by atoms with E-state index in [1.807, 2.05) is 49.1 Å². The maximum atomic E-state index is 13.3. The minimum atomic E-state index is -0.0267. The number of rotatable bonds is 12. The Labute approximate surface area is 184 Å². The maximum Gasteiger partial charge on any atom is 0.242 e. The number of aryl methyl sites for hydroxylation is 1. The molecule has 0 bridgehead atoms. The molecule has 0 spiro atoms. The summed E-state index contributed by atoms with van der Waals surface area (Å²) in [4.78, 5) is 30.8. The number of ether oxygens (including phenoxy) is 1. The van der Waals surface area contributed by atoms with Crippen LogP contribution in [0.5, 0.6) is 0 Å². The third-order valence-electron chi connectivity index (χ3n) is 4.91. The first-order chi connectivity index (χ1) is 14.4. The van der Waals surface area contributed by atoms with Crippen molar-refractivity contribution in [2.75, 3.05) is 26.8 Å². The van der Waals surface area contributed by atoms with Gasteiger partial charge in [0, 0.05) is 38.1 Å². The van der Waals surface area contributed by atoms with Crippen LogP contribution in [-0.2, 0) is 27.4 Å². The van der Waals surface area contributed by atoms with Crippen LogP contribution in [0.2, 0.25) is 0 Å². The predicted octanol–water partition coefficient (Wildman–Crippen LogP) is 4.50. The van der Waals surface area contributed by atoms with Gasteiger partial charge in [-0.2, -0.15) is 0 Å². The maximum absolute atomic E-state index is 13.3. The van der Waals surface area contributed by atoms with Crippen LogP contribution < -0.4 is 0 Å². The van der Waals surface area contributed by atoms with E-state index in [0.29, 0.717) is 32.7 Å². The van der Waals surface area contributed by atoms with Gasteiger partial charge in [-0.3, -0.25) is 9.59 Å². The van der Waals surface area contributed by atoms with Gasteiger partial charge in [0.15, 0.2) is 0 Å². The number of carbonyl (C=O) groups excluding carboxylic acids is 2. The Bertz CT molecular complexity index is 789. The van der Waals surface area contributed by atoms with Gasteiger partial charge in [0.25, 0.3) is 0 Å². The third kappa shape index (κ3) is 7.92. The smallest absolute Gasteiger partial charge is 0.242 e. The third-order valence-corrected chi connectivity index (χ3v) is 5.92. The van der Waals surface area contributed by atoms with E-state index in [1.54, 1.807) is 23.3 Å². The summed E-state index contributed by atoms with van der Waals surface area (Å²) in [6, 6.07) is 12.1. The zero-order valence-electron chi connectivity index (χ0n) is 18.6. The first-order valence-corrected chi connectivity index (χ1v) is 11.4. The number of methoxy groups -OCH3 is 1. The second-order valence-electron chi connectivity index (χ2n) is 8.02.